The second kappa shape index (κ2) is 10.4. The molecular weight excluding hydrogens is 410 g/mol. The number of alkyl halides is 3. The average Bonchev–Trinajstić information content (AvgIpc) is 2.58. The number of amides is 2. The van der Waals surface area contributed by atoms with E-state index in [-0.39, 0.29) is 13.2 Å². The Labute approximate surface area is 166 Å². The lowest BCUT2D eigenvalue weighted by Gasteiger charge is -2.25. The minimum Gasteiger partial charge on any atom is -0.464 e. The molecule has 10 heteroatoms. The topological polar surface area (TPSA) is 82.1 Å². The zero-order chi connectivity index (χ0) is 19.7. The van der Waals surface area contributed by atoms with E-state index in [0.717, 1.165) is 0 Å². The molecule has 1 aromatic carbocycles. The van der Waals surface area contributed by atoms with Gasteiger partial charge in [0.05, 0.1) is 6.61 Å². The van der Waals surface area contributed by atoms with Crippen LogP contribution >= 0.6 is 34.8 Å². The minimum atomic E-state index is -1.87. The highest BCUT2D eigenvalue weighted by Crippen LogP contribution is 2.26. The Morgan fingerprint density at radius 1 is 1.04 bits per heavy atom. The van der Waals surface area contributed by atoms with Crippen LogP contribution in [0.1, 0.15) is 19.4 Å². The highest BCUT2D eigenvalue weighted by atomic mass is 35.6. The number of rotatable bonds is 6. The molecule has 0 N–H and O–H groups in total. The first-order chi connectivity index (χ1) is 12.2. The van der Waals surface area contributed by atoms with Crippen LogP contribution in [0.2, 0.25) is 0 Å². The number of imide groups is 1. The monoisotopic (exact) mass is 426 g/mol. The largest absolute Gasteiger partial charge is 0.464 e. The van der Waals surface area contributed by atoms with Crippen LogP contribution in [-0.4, -0.2) is 46.1 Å². The summed E-state index contributed by atoms with van der Waals surface area (Å²) in [4.78, 5) is 36.9. The summed E-state index contributed by atoms with van der Waals surface area (Å²) in [6.45, 7) is 2.22. The molecule has 0 spiro atoms. The first-order valence-electron chi connectivity index (χ1n) is 7.55. The summed E-state index contributed by atoms with van der Waals surface area (Å²) in [6.07, 6.45) is -2.29. The summed E-state index contributed by atoms with van der Waals surface area (Å²) in [6, 6.07) is 7.49. The lowest BCUT2D eigenvalue weighted by molar-refractivity contribution is -0.147. The van der Waals surface area contributed by atoms with Crippen LogP contribution in [-0.2, 0) is 25.6 Å². The van der Waals surface area contributed by atoms with Gasteiger partial charge < -0.3 is 14.2 Å². The molecule has 0 aliphatic carbocycles. The first kappa shape index (κ1) is 22.3. The van der Waals surface area contributed by atoms with Crippen LogP contribution in [0.15, 0.2) is 30.3 Å². The van der Waals surface area contributed by atoms with Crippen molar-refractivity contribution >= 4 is 53.0 Å². The van der Waals surface area contributed by atoms with Crippen molar-refractivity contribution in [1.29, 1.82) is 0 Å². The van der Waals surface area contributed by atoms with E-state index < -0.39 is 34.6 Å². The molecule has 1 atom stereocenters. The maximum Gasteiger partial charge on any atom is 0.420 e. The van der Waals surface area contributed by atoms with Crippen LogP contribution in [0, 0.1) is 0 Å². The molecule has 0 saturated carbocycles. The van der Waals surface area contributed by atoms with E-state index in [0.29, 0.717) is 10.5 Å². The van der Waals surface area contributed by atoms with Crippen molar-refractivity contribution < 1.29 is 28.6 Å². The van der Waals surface area contributed by atoms with Crippen LogP contribution in [0.3, 0.4) is 0 Å². The van der Waals surface area contributed by atoms with Gasteiger partial charge in [-0.2, -0.15) is 4.90 Å². The number of carbonyl (C=O) groups excluding carboxylic acids is 3. The average molecular weight is 428 g/mol. The Kier molecular flexibility index (Phi) is 8.98. The van der Waals surface area contributed by atoms with Crippen LogP contribution in [0.5, 0.6) is 0 Å². The number of nitrogens with zero attached hydrogens (tertiary/aromatic N) is 1. The van der Waals surface area contributed by atoms with Gasteiger partial charge in [0.25, 0.3) is 0 Å². The predicted octanol–water partition coefficient (Wildman–Crippen LogP) is 4.08. The molecule has 0 aliphatic heterocycles. The van der Waals surface area contributed by atoms with Gasteiger partial charge in [0.2, 0.25) is 3.79 Å². The fourth-order valence-corrected chi connectivity index (χ4v) is 1.92. The fourth-order valence-electron chi connectivity index (χ4n) is 1.76. The van der Waals surface area contributed by atoms with Crippen molar-refractivity contribution in [3.8, 4) is 0 Å². The van der Waals surface area contributed by atoms with Crippen molar-refractivity contribution in [3.05, 3.63) is 35.9 Å². The third-order valence-corrected chi connectivity index (χ3v) is 3.30. The third kappa shape index (κ3) is 7.68. The molecule has 1 rings (SSSR count). The number of hydrogen-bond acceptors (Lipinski definition) is 6. The van der Waals surface area contributed by atoms with Crippen LogP contribution in [0.4, 0.5) is 9.59 Å². The molecule has 0 aliphatic rings. The van der Waals surface area contributed by atoms with Gasteiger partial charge in [-0.05, 0) is 19.4 Å². The lowest BCUT2D eigenvalue weighted by Crippen LogP contribution is -2.48. The quantitative estimate of drug-likeness (QED) is 0.294. The Balaban J connectivity index is 2.85. The fraction of sp³-hybridized carbons (Fsp3) is 0.438. The molecule has 0 bridgehead atoms. The van der Waals surface area contributed by atoms with E-state index in [1.807, 2.05) is 0 Å². The number of esters is 1. The predicted molar refractivity (Wildman–Crippen MR) is 96.2 cm³/mol. The maximum atomic E-state index is 12.3. The van der Waals surface area contributed by atoms with E-state index >= 15 is 0 Å². The van der Waals surface area contributed by atoms with E-state index in [1.165, 1.54) is 6.92 Å². The molecule has 1 aromatic rings. The molecule has 2 amide bonds. The SMILES string of the molecule is CCOC(=O)[C@@H](C)[15N](C(=O)OCc1ccccc1)C(=O)OCC(Cl)(Cl)Cl. The van der Waals surface area contributed by atoms with Crippen LogP contribution in [0.25, 0.3) is 0 Å². The molecule has 0 unspecified atom stereocenters. The number of carbonyl (C=O) groups is 3. The normalized spacial score (nSPS) is 12.0. The standard InChI is InChI=1S/C16H18Cl3NO6/c1-3-24-13(21)11(2)20(15(23)26-10-16(17,18)19)14(22)25-9-12-7-5-4-6-8-12/h4-8,11H,3,9-10H2,1-2H3/t11-/m1/s1/i20+1. The minimum absolute atomic E-state index is 0.0687. The van der Waals surface area contributed by atoms with Gasteiger partial charge in [0, 0.05) is 0 Å². The zero-order valence-corrected chi connectivity index (χ0v) is 16.4. The van der Waals surface area contributed by atoms with Gasteiger partial charge in [-0.25, -0.2) is 14.4 Å². The summed E-state index contributed by atoms with van der Waals surface area (Å²) in [5.74, 6) is -0.810. The Morgan fingerprint density at radius 3 is 2.15 bits per heavy atom. The number of halogens is 3. The molecule has 0 saturated heterocycles. The van der Waals surface area contributed by atoms with Gasteiger partial charge in [-0.1, -0.05) is 65.1 Å². The molecule has 0 aromatic heterocycles. The van der Waals surface area contributed by atoms with E-state index in [1.54, 1.807) is 37.3 Å². The van der Waals surface area contributed by atoms with Gasteiger partial charge in [-0.15, -0.1) is 0 Å². The zero-order valence-electron chi connectivity index (χ0n) is 14.1. The van der Waals surface area contributed by atoms with Crippen molar-refractivity contribution in [2.75, 3.05) is 13.2 Å². The van der Waals surface area contributed by atoms with Gasteiger partial charge in [0.1, 0.15) is 19.3 Å². The molecule has 0 fully saturated rings. The number of hydrogen-bond donors (Lipinski definition) is 0. The molecular formula is C16H18Cl3NO6. The van der Waals surface area contributed by atoms with Gasteiger partial charge >= 0.3 is 18.2 Å². The molecule has 144 valence electrons. The smallest absolute Gasteiger partial charge is 0.420 e. The van der Waals surface area contributed by atoms with Crippen molar-refractivity contribution in [2.45, 2.75) is 30.3 Å². The highest BCUT2D eigenvalue weighted by Gasteiger charge is 2.36. The summed E-state index contributed by atoms with van der Waals surface area (Å²) in [5.41, 5.74) is 0.694. The molecule has 0 radical (unpaired) electrons. The third-order valence-electron chi connectivity index (χ3n) is 2.97. The van der Waals surface area contributed by atoms with E-state index in [2.05, 4.69) is 0 Å². The summed E-state index contributed by atoms with van der Waals surface area (Å²) < 4.78 is 12.8. The summed E-state index contributed by atoms with van der Waals surface area (Å²) in [5, 5.41) is 0. The maximum absolute atomic E-state index is 12.3. The summed E-state index contributed by atoms with van der Waals surface area (Å²) in [7, 11) is 0. The van der Waals surface area contributed by atoms with E-state index in [4.69, 9.17) is 49.0 Å². The molecule has 0 heterocycles. The second-order valence-electron chi connectivity index (χ2n) is 5.01. The van der Waals surface area contributed by atoms with Crippen molar-refractivity contribution in [3.63, 3.8) is 0 Å². The number of ether oxygens (including phenoxy) is 3. The van der Waals surface area contributed by atoms with E-state index in [9.17, 15) is 14.4 Å². The first-order valence-corrected chi connectivity index (χ1v) is 8.69. The Hall–Kier alpha value is -1.70. The molecule has 7 nitrogen and oxygen atoms in total. The van der Waals surface area contributed by atoms with Gasteiger partial charge in [-0.3, -0.25) is 0 Å². The summed E-state index contributed by atoms with van der Waals surface area (Å²) >= 11 is 16.6. The molecule has 26 heavy (non-hydrogen) atoms. The van der Waals surface area contributed by atoms with Crippen molar-refractivity contribution in [2.24, 2.45) is 0 Å². The number of benzene rings is 1. The Bertz CT molecular complexity index is 620. The lowest BCUT2D eigenvalue weighted by atomic mass is 10.2. The highest BCUT2D eigenvalue weighted by molar-refractivity contribution is 6.67. The van der Waals surface area contributed by atoms with Gasteiger partial charge in [0.15, 0.2) is 0 Å². The van der Waals surface area contributed by atoms with Crippen LogP contribution < -0.4 is 0 Å². The second-order valence-corrected chi connectivity index (χ2v) is 7.52. The van der Waals surface area contributed by atoms with Crippen molar-refractivity contribution in [1.82, 2.24) is 4.90 Å². The Morgan fingerprint density at radius 2 is 1.62 bits per heavy atom.